The predicted molar refractivity (Wildman–Crippen MR) is 50.8 cm³/mol. The first-order valence-electron chi connectivity index (χ1n) is 4.59. The Morgan fingerprint density at radius 3 is 2.21 bits per heavy atom. The van der Waals surface area contributed by atoms with Gasteiger partial charge in [-0.05, 0) is 0 Å². The van der Waals surface area contributed by atoms with Gasteiger partial charge in [-0.25, -0.2) is 14.4 Å². The maximum Gasteiger partial charge on any atom is 0.320 e. The van der Waals surface area contributed by atoms with Crippen LogP contribution in [0.4, 0.5) is 0 Å². The Morgan fingerprint density at radius 1 is 1.36 bits per heavy atom. The zero-order chi connectivity index (χ0) is 10.2. The number of carbonyl (C=O) groups is 1. The number of nitrogens with zero attached hydrogens (tertiary/aromatic N) is 2. The Bertz CT molecular complexity index is 272. The summed E-state index contributed by atoms with van der Waals surface area (Å²) in [6.07, 6.45) is 0. The second-order valence-electron chi connectivity index (χ2n) is 3.36. The molecule has 0 radical (unpaired) electrons. The van der Waals surface area contributed by atoms with E-state index in [0.29, 0.717) is 0 Å². The van der Waals surface area contributed by atoms with Crippen molar-refractivity contribution in [1.82, 2.24) is 14.4 Å². The number of nitrogens with one attached hydrogen (secondary N) is 1. The highest BCUT2D eigenvalue weighted by Crippen LogP contribution is 2.56. The summed E-state index contributed by atoms with van der Waals surface area (Å²) >= 11 is 0. The third-order valence-electron chi connectivity index (χ3n) is 2.27. The molecule has 2 heterocycles. The van der Waals surface area contributed by atoms with Crippen LogP contribution >= 0.6 is 7.59 Å². The van der Waals surface area contributed by atoms with Crippen LogP contribution in [0.15, 0.2) is 0 Å². The lowest BCUT2D eigenvalue weighted by Gasteiger charge is -2.20. The Hall–Kier alpha value is -0.420. The quantitative estimate of drug-likeness (QED) is 0.381. The number of carbonyl (C=O) groups excluding carboxylic acids is 1. The Balaban J connectivity index is 1.91. The molecule has 2 aliphatic rings. The highest BCUT2D eigenvalue weighted by atomic mass is 31.2. The number of hydrogen-bond acceptors (Lipinski definition) is 3. The molecule has 7 heteroatoms. The van der Waals surface area contributed by atoms with Gasteiger partial charge in [0.2, 0.25) is 0 Å². The minimum atomic E-state index is -2.59. The SMILES string of the molecule is COC(=O)CNP(=O)(N1CC1)N1CC1. The molecule has 0 bridgehead atoms. The molecule has 0 aliphatic carbocycles. The van der Waals surface area contributed by atoms with Gasteiger partial charge in [0.1, 0.15) is 6.54 Å². The van der Waals surface area contributed by atoms with Crippen molar-refractivity contribution in [3.63, 3.8) is 0 Å². The lowest BCUT2D eigenvalue weighted by Crippen LogP contribution is -2.27. The molecule has 2 saturated heterocycles. The molecule has 6 nitrogen and oxygen atoms in total. The van der Waals surface area contributed by atoms with Crippen molar-refractivity contribution in [2.75, 3.05) is 39.8 Å². The van der Waals surface area contributed by atoms with E-state index in [1.165, 1.54) is 7.11 Å². The Labute approximate surface area is 82.7 Å². The van der Waals surface area contributed by atoms with Crippen LogP contribution in [0.1, 0.15) is 0 Å². The summed E-state index contributed by atoms with van der Waals surface area (Å²) in [5.41, 5.74) is 0. The predicted octanol–water partition coefficient (Wildman–Crippen LogP) is -0.512. The van der Waals surface area contributed by atoms with Crippen LogP contribution in [-0.2, 0) is 14.1 Å². The number of hydrogen-bond donors (Lipinski definition) is 1. The fourth-order valence-electron chi connectivity index (χ4n) is 1.25. The molecule has 1 N–H and O–H groups in total. The van der Waals surface area contributed by atoms with E-state index in [4.69, 9.17) is 0 Å². The molecule has 14 heavy (non-hydrogen) atoms. The fraction of sp³-hybridized carbons (Fsp3) is 0.857. The van der Waals surface area contributed by atoms with E-state index in [1.54, 1.807) is 0 Å². The Morgan fingerprint density at radius 2 is 1.86 bits per heavy atom. The summed E-state index contributed by atoms with van der Waals surface area (Å²) in [6.45, 7) is 3.41. The Kier molecular flexibility index (Phi) is 2.62. The molecule has 0 aromatic carbocycles. The van der Waals surface area contributed by atoms with Crippen LogP contribution < -0.4 is 5.09 Å². The first kappa shape index (κ1) is 10.1. The van der Waals surface area contributed by atoms with Gasteiger partial charge in [0.25, 0.3) is 7.59 Å². The topological polar surface area (TPSA) is 61.4 Å². The second kappa shape index (κ2) is 3.62. The van der Waals surface area contributed by atoms with Crippen LogP contribution in [0.2, 0.25) is 0 Å². The normalized spacial score (nSPS) is 22.1. The number of ether oxygens (including phenoxy) is 1. The van der Waals surface area contributed by atoms with Gasteiger partial charge in [-0.1, -0.05) is 0 Å². The second-order valence-corrected chi connectivity index (χ2v) is 5.90. The van der Waals surface area contributed by atoms with E-state index in [0.717, 1.165) is 26.2 Å². The van der Waals surface area contributed by atoms with Crippen molar-refractivity contribution in [2.45, 2.75) is 0 Å². The van der Waals surface area contributed by atoms with Crippen molar-refractivity contribution in [1.29, 1.82) is 0 Å². The maximum atomic E-state index is 12.3. The molecule has 0 unspecified atom stereocenters. The highest BCUT2D eigenvalue weighted by molar-refractivity contribution is 7.57. The summed E-state index contributed by atoms with van der Waals surface area (Å²) in [4.78, 5) is 10.9. The number of methoxy groups -OCH3 is 1. The van der Waals surface area contributed by atoms with Crippen molar-refractivity contribution in [3.8, 4) is 0 Å². The van der Waals surface area contributed by atoms with E-state index < -0.39 is 7.59 Å². The van der Waals surface area contributed by atoms with E-state index in [1.807, 2.05) is 9.34 Å². The van der Waals surface area contributed by atoms with Crippen molar-refractivity contribution < 1.29 is 14.1 Å². The van der Waals surface area contributed by atoms with Crippen LogP contribution in [0.25, 0.3) is 0 Å². The van der Waals surface area contributed by atoms with Gasteiger partial charge in [0.05, 0.1) is 7.11 Å². The largest absolute Gasteiger partial charge is 0.468 e. The van der Waals surface area contributed by atoms with E-state index in [-0.39, 0.29) is 12.5 Å². The van der Waals surface area contributed by atoms with E-state index >= 15 is 0 Å². The van der Waals surface area contributed by atoms with Crippen LogP contribution in [0.3, 0.4) is 0 Å². The van der Waals surface area contributed by atoms with Gasteiger partial charge < -0.3 is 4.74 Å². The average Bonchev–Trinajstić information content (AvgIpc) is 3.05. The first-order valence-corrected chi connectivity index (χ1v) is 6.21. The molecular weight excluding hydrogens is 205 g/mol. The maximum absolute atomic E-state index is 12.3. The summed E-state index contributed by atoms with van der Waals surface area (Å²) in [5, 5.41) is 2.80. The molecular formula is C7H14N3O3P. The summed E-state index contributed by atoms with van der Waals surface area (Å²) in [6, 6.07) is 0. The molecule has 2 fully saturated rings. The molecule has 0 spiro atoms. The number of rotatable bonds is 5. The lowest BCUT2D eigenvalue weighted by molar-refractivity contribution is -0.139. The highest BCUT2D eigenvalue weighted by Gasteiger charge is 2.47. The van der Waals surface area contributed by atoms with Crippen LogP contribution in [0.5, 0.6) is 0 Å². The third kappa shape index (κ3) is 1.98. The van der Waals surface area contributed by atoms with Crippen molar-refractivity contribution >= 4 is 13.6 Å². The van der Waals surface area contributed by atoms with Crippen LogP contribution in [-0.4, -0.2) is 55.1 Å². The summed E-state index contributed by atoms with van der Waals surface area (Å²) in [7, 11) is -1.27. The van der Waals surface area contributed by atoms with E-state index in [9.17, 15) is 9.36 Å². The van der Waals surface area contributed by atoms with Gasteiger partial charge in [0.15, 0.2) is 0 Å². The molecule has 0 amide bonds. The average molecular weight is 219 g/mol. The van der Waals surface area contributed by atoms with Gasteiger partial charge in [0, 0.05) is 26.2 Å². The zero-order valence-electron chi connectivity index (χ0n) is 8.10. The summed E-state index contributed by atoms with van der Waals surface area (Å²) < 4.78 is 20.5. The van der Waals surface area contributed by atoms with Crippen molar-refractivity contribution in [2.24, 2.45) is 0 Å². The smallest absolute Gasteiger partial charge is 0.320 e. The molecule has 0 atom stereocenters. The molecule has 2 rings (SSSR count). The van der Waals surface area contributed by atoms with Crippen LogP contribution in [0, 0.1) is 0 Å². The standard InChI is InChI=1S/C7H14N3O3P/c1-13-7(11)6-8-14(12,9-2-3-9)10-4-5-10/h2-6H2,1H3,(H,8,12). The van der Waals surface area contributed by atoms with Gasteiger partial charge in [-0.15, -0.1) is 0 Å². The van der Waals surface area contributed by atoms with Gasteiger partial charge in [-0.3, -0.25) is 9.36 Å². The molecule has 0 aromatic rings. The molecule has 80 valence electrons. The third-order valence-corrected chi connectivity index (χ3v) is 5.17. The molecule has 0 aromatic heterocycles. The van der Waals surface area contributed by atoms with E-state index in [2.05, 4.69) is 9.82 Å². The fourth-order valence-corrected chi connectivity index (χ4v) is 3.61. The molecule has 0 saturated carbocycles. The number of esters is 1. The molecule has 2 aliphatic heterocycles. The minimum Gasteiger partial charge on any atom is -0.468 e. The first-order chi connectivity index (χ1) is 6.66. The van der Waals surface area contributed by atoms with Gasteiger partial charge >= 0.3 is 5.97 Å². The van der Waals surface area contributed by atoms with Crippen molar-refractivity contribution in [3.05, 3.63) is 0 Å². The summed E-state index contributed by atoms with van der Waals surface area (Å²) in [5.74, 6) is -0.381. The monoisotopic (exact) mass is 219 g/mol. The lowest BCUT2D eigenvalue weighted by atomic mass is 10.7. The minimum absolute atomic E-state index is 0.0147. The zero-order valence-corrected chi connectivity index (χ0v) is 9.00. The van der Waals surface area contributed by atoms with Gasteiger partial charge in [-0.2, -0.15) is 0 Å².